The Labute approximate surface area is 123 Å². The van der Waals surface area contributed by atoms with Crippen LogP contribution >= 0.6 is 0 Å². The van der Waals surface area contributed by atoms with Gasteiger partial charge in [0, 0.05) is 25.9 Å². The topological polar surface area (TPSA) is 79.4 Å². The first-order valence-electron chi connectivity index (χ1n) is 6.19. The van der Waals surface area contributed by atoms with E-state index >= 15 is 0 Å². The van der Waals surface area contributed by atoms with E-state index in [2.05, 4.69) is 10.3 Å². The summed E-state index contributed by atoms with van der Waals surface area (Å²) in [6.45, 7) is 1.39. The van der Waals surface area contributed by atoms with Crippen molar-refractivity contribution in [2.24, 2.45) is 0 Å². The zero-order chi connectivity index (χ0) is 15.5. The normalized spacial score (nSPS) is 11.0. The highest BCUT2D eigenvalue weighted by Gasteiger charge is 2.21. The van der Waals surface area contributed by atoms with Gasteiger partial charge in [0.1, 0.15) is 5.82 Å². The lowest BCUT2D eigenvalue weighted by Crippen LogP contribution is -2.27. The Morgan fingerprint density at radius 3 is 2.33 bits per heavy atom. The molecule has 0 spiro atoms. The molecule has 2 rings (SSSR count). The molecule has 0 aliphatic carbocycles. The molecule has 1 N–H and O–H groups in total. The van der Waals surface area contributed by atoms with Gasteiger partial charge in [-0.2, -0.15) is 0 Å². The molecule has 0 saturated carbocycles. The number of hydrogen-bond donors (Lipinski definition) is 1. The largest absolute Gasteiger partial charge is 0.326 e. The second-order valence-corrected chi connectivity index (χ2v) is 6.34. The fourth-order valence-electron chi connectivity index (χ4n) is 1.73. The summed E-state index contributed by atoms with van der Waals surface area (Å²) in [5.41, 5.74) is 0.543. The lowest BCUT2D eigenvalue weighted by Gasteiger charge is -2.18. The number of nitrogens with one attached hydrogen (secondary N) is 1. The minimum Gasteiger partial charge on any atom is -0.326 e. The fraction of sp³-hybridized carbons (Fsp3) is 0.143. The van der Waals surface area contributed by atoms with Gasteiger partial charge in [-0.05, 0) is 36.4 Å². The van der Waals surface area contributed by atoms with Crippen molar-refractivity contribution in [2.75, 3.05) is 16.7 Å². The van der Waals surface area contributed by atoms with Gasteiger partial charge in [-0.25, -0.2) is 13.4 Å². The molecule has 0 bridgehead atoms. The number of hydrogen-bond acceptors (Lipinski definition) is 4. The van der Waals surface area contributed by atoms with Crippen molar-refractivity contribution in [3.05, 3.63) is 48.7 Å². The number of pyridine rings is 1. The number of carbonyl (C=O) groups is 1. The van der Waals surface area contributed by atoms with Gasteiger partial charge in [0.25, 0.3) is 10.0 Å². The highest BCUT2D eigenvalue weighted by atomic mass is 32.2. The van der Waals surface area contributed by atoms with Gasteiger partial charge in [0.2, 0.25) is 5.91 Å². The third kappa shape index (κ3) is 3.38. The first-order chi connectivity index (χ1) is 9.91. The van der Waals surface area contributed by atoms with Gasteiger partial charge in [-0.1, -0.05) is 6.07 Å². The number of carbonyl (C=O) groups excluding carboxylic acids is 1. The van der Waals surface area contributed by atoms with Gasteiger partial charge >= 0.3 is 0 Å². The second-order valence-electron chi connectivity index (χ2n) is 4.37. The number of benzene rings is 1. The smallest absolute Gasteiger partial charge is 0.265 e. The molecule has 1 aromatic carbocycles. The lowest BCUT2D eigenvalue weighted by molar-refractivity contribution is -0.114. The van der Waals surface area contributed by atoms with Crippen molar-refractivity contribution < 1.29 is 13.2 Å². The van der Waals surface area contributed by atoms with Gasteiger partial charge in [-0.3, -0.25) is 9.10 Å². The Hall–Kier alpha value is -2.41. The van der Waals surface area contributed by atoms with E-state index in [0.717, 1.165) is 4.31 Å². The van der Waals surface area contributed by atoms with Crippen molar-refractivity contribution in [1.82, 2.24) is 4.98 Å². The summed E-state index contributed by atoms with van der Waals surface area (Å²) >= 11 is 0. The van der Waals surface area contributed by atoms with Gasteiger partial charge < -0.3 is 5.32 Å². The second kappa shape index (κ2) is 5.92. The highest BCUT2D eigenvalue weighted by molar-refractivity contribution is 7.92. The Morgan fingerprint density at radius 2 is 1.81 bits per heavy atom. The third-order valence-corrected chi connectivity index (χ3v) is 4.58. The molecule has 0 aliphatic heterocycles. The van der Waals surface area contributed by atoms with Crippen LogP contribution in [0.15, 0.2) is 53.6 Å². The average Bonchev–Trinajstić information content (AvgIpc) is 2.47. The number of rotatable bonds is 4. The Morgan fingerprint density at radius 1 is 1.14 bits per heavy atom. The van der Waals surface area contributed by atoms with Crippen LogP contribution in [0.4, 0.5) is 11.5 Å². The van der Waals surface area contributed by atoms with E-state index in [1.54, 1.807) is 30.3 Å². The molecular weight excluding hydrogens is 290 g/mol. The Kier molecular flexibility index (Phi) is 4.23. The van der Waals surface area contributed by atoms with Crippen LogP contribution in [0.2, 0.25) is 0 Å². The third-order valence-electron chi connectivity index (χ3n) is 2.80. The zero-order valence-electron chi connectivity index (χ0n) is 11.6. The summed E-state index contributed by atoms with van der Waals surface area (Å²) in [4.78, 5) is 15.1. The van der Waals surface area contributed by atoms with Crippen LogP contribution in [0.1, 0.15) is 6.92 Å². The molecule has 0 saturated heterocycles. The summed E-state index contributed by atoms with van der Waals surface area (Å²) in [6.07, 6.45) is 1.53. The van der Waals surface area contributed by atoms with Crippen LogP contribution in [-0.2, 0) is 14.8 Å². The molecule has 110 valence electrons. The molecule has 7 heteroatoms. The maximum Gasteiger partial charge on any atom is 0.265 e. The van der Waals surface area contributed by atoms with Crippen LogP contribution < -0.4 is 9.62 Å². The van der Waals surface area contributed by atoms with E-state index in [0.29, 0.717) is 11.5 Å². The molecular formula is C14H15N3O3S. The van der Waals surface area contributed by atoms with Gasteiger partial charge in [0.05, 0.1) is 4.90 Å². The molecule has 0 fully saturated rings. The van der Waals surface area contributed by atoms with Crippen LogP contribution in [0.5, 0.6) is 0 Å². The predicted molar refractivity (Wildman–Crippen MR) is 80.6 cm³/mol. The minimum absolute atomic E-state index is 0.129. The summed E-state index contributed by atoms with van der Waals surface area (Å²) in [5, 5.41) is 2.58. The molecule has 1 aromatic heterocycles. The van der Waals surface area contributed by atoms with E-state index in [4.69, 9.17) is 0 Å². The number of nitrogens with zero attached hydrogens (tertiary/aromatic N) is 2. The van der Waals surface area contributed by atoms with Crippen LogP contribution in [-0.4, -0.2) is 26.4 Å². The minimum atomic E-state index is -3.68. The van der Waals surface area contributed by atoms with Crippen LogP contribution in [0, 0.1) is 0 Å². The summed E-state index contributed by atoms with van der Waals surface area (Å²) in [6, 6.07) is 11.0. The van der Waals surface area contributed by atoms with Gasteiger partial charge in [-0.15, -0.1) is 0 Å². The van der Waals surface area contributed by atoms with Crippen LogP contribution in [0.3, 0.4) is 0 Å². The van der Waals surface area contributed by atoms with E-state index < -0.39 is 10.0 Å². The Balaban J connectivity index is 2.29. The molecule has 21 heavy (non-hydrogen) atoms. The molecule has 0 unspecified atom stereocenters. The maximum absolute atomic E-state index is 12.5. The molecule has 0 atom stereocenters. The summed E-state index contributed by atoms with van der Waals surface area (Å²) in [5.74, 6) is 0.125. The quantitative estimate of drug-likeness (QED) is 0.935. The fourth-order valence-corrected chi connectivity index (χ4v) is 2.89. The van der Waals surface area contributed by atoms with E-state index in [9.17, 15) is 13.2 Å². The number of sulfonamides is 1. The standard InChI is InChI=1S/C14H15N3O3S/c1-11(18)16-12-6-8-13(9-7-12)21(19,20)17(2)14-5-3-4-10-15-14/h3-10H,1-2H3,(H,16,18). The molecule has 6 nitrogen and oxygen atoms in total. The monoisotopic (exact) mass is 305 g/mol. The van der Waals surface area contributed by atoms with Crippen molar-refractivity contribution in [3.8, 4) is 0 Å². The number of aromatic nitrogens is 1. The average molecular weight is 305 g/mol. The van der Waals surface area contributed by atoms with Crippen molar-refractivity contribution in [1.29, 1.82) is 0 Å². The van der Waals surface area contributed by atoms with Crippen molar-refractivity contribution in [2.45, 2.75) is 11.8 Å². The van der Waals surface area contributed by atoms with Crippen molar-refractivity contribution >= 4 is 27.4 Å². The van der Waals surface area contributed by atoms with Gasteiger partial charge in [0.15, 0.2) is 0 Å². The summed E-state index contributed by atoms with van der Waals surface area (Å²) in [7, 11) is -2.24. The number of anilines is 2. The Bertz CT molecular complexity index is 728. The predicted octanol–water partition coefficient (Wildman–Crippen LogP) is 1.87. The van der Waals surface area contributed by atoms with Crippen LogP contribution in [0.25, 0.3) is 0 Å². The first-order valence-corrected chi connectivity index (χ1v) is 7.63. The maximum atomic E-state index is 12.5. The molecule has 2 aromatic rings. The molecule has 1 heterocycles. The van der Waals surface area contributed by atoms with E-state index in [-0.39, 0.29) is 10.8 Å². The SMILES string of the molecule is CC(=O)Nc1ccc(S(=O)(=O)N(C)c2ccccn2)cc1. The first kappa shape index (κ1) is 15.0. The highest BCUT2D eigenvalue weighted by Crippen LogP contribution is 2.21. The summed E-state index contributed by atoms with van der Waals surface area (Å²) < 4.78 is 26.0. The lowest BCUT2D eigenvalue weighted by atomic mass is 10.3. The van der Waals surface area contributed by atoms with Crippen molar-refractivity contribution in [3.63, 3.8) is 0 Å². The molecule has 0 aliphatic rings. The number of amides is 1. The van der Waals surface area contributed by atoms with E-state index in [1.807, 2.05) is 0 Å². The molecule has 0 radical (unpaired) electrons. The molecule has 1 amide bonds. The van der Waals surface area contributed by atoms with E-state index in [1.165, 1.54) is 32.3 Å². The zero-order valence-corrected chi connectivity index (χ0v) is 12.5.